The Balaban J connectivity index is 1.96. The molecular formula is C16H13N3O3. The van der Waals surface area contributed by atoms with Gasteiger partial charge in [0, 0.05) is 23.0 Å². The highest BCUT2D eigenvalue weighted by atomic mass is 16.5. The number of benzene rings is 1. The average Bonchev–Trinajstić information content (AvgIpc) is 2.54. The van der Waals surface area contributed by atoms with Crippen molar-refractivity contribution in [2.75, 3.05) is 12.4 Å². The van der Waals surface area contributed by atoms with Crippen LogP contribution in [0.4, 0.5) is 5.69 Å². The number of anilines is 1. The summed E-state index contributed by atoms with van der Waals surface area (Å²) in [5, 5.41) is 3.40. The molecule has 3 aromatic rings. The van der Waals surface area contributed by atoms with E-state index in [0.717, 1.165) is 0 Å². The van der Waals surface area contributed by atoms with E-state index >= 15 is 0 Å². The first-order chi connectivity index (χ1) is 10.7. The molecule has 0 saturated carbocycles. The molecule has 0 saturated heterocycles. The smallest absolute Gasteiger partial charge is 0.256 e. The van der Waals surface area contributed by atoms with Crippen molar-refractivity contribution in [2.24, 2.45) is 0 Å². The molecule has 3 rings (SSSR count). The number of carbonyl (C=O) groups excluding carboxylic acids is 1. The summed E-state index contributed by atoms with van der Waals surface area (Å²) in [4.78, 5) is 30.8. The van der Waals surface area contributed by atoms with Crippen LogP contribution >= 0.6 is 0 Å². The van der Waals surface area contributed by atoms with Crippen LogP contribution in [0.25, 0.3) is 10.9 Å². The molecule has 0 radical (unpaired) electrons. The fourth-order valence-corrected chi connectivity index (χ4v) is 2.17. The molecule has 0 spiro atoms. The van der Waals surface area contributed by atoms with Crippen molar-refractivity contribution < 1.29 is 9.53 Å². The average molecular weight is 295 g/mol. The van der Waals surface area contributed by atoms with Gasteiger partial charge in [0.2, 0.25) is 11.4 Å². The fourth-order valence-electron chi connectivity index (χ4n) is 2.17. The molecule has 0 atom stereocenters. The van der Waals surface area contributed by atoms with Crippen LogP contribution in [0.2, 0.25) is 0 Å². The summed E-state index contributed by atoms with van der Waals surface area (Å²) in [5.41, 5.74) is 1.13. The Labute approximate surface area is 125 Å². The maximum Gasteiger partial charge on any atom is 0.256 e. The van der Waals surface area contributed by atoms with Gasteiger partial charge in [-0.1, -0.05) is 18.2 Å². The van der Waals surface area contributed by atoms with Crippen molar-refractivity contribution in [3.8, 4) is 5.88 Å². The summed E-state index contributed by atoms with van der Waals surface area (Å²) in [6.07, 6.45) is 1.49. The number of hydrogen-bond donors (Lipinski definition) is 2. The van der Waals surface area contributed by atoms with Crippen LogP contribution in [0.5, 0.6) is 5.88 Å². The molecule has 0 fully saturated rings. The van der Waals surface area contributed by atoms with E-state index < -0.39 is 0 Å². The molecule has 6 nitrogen and oxygen atoms in total. The maximum absolute atomic E-state index is 12.4. The molecule has 2 N–H and O–H groups in total. The van der Waals surface area contributed by atoms with E-state index in [9.17, 15) is 9.59 Å². The normalized spacial score (nSPS) is 10.4. The number of nitrogens with one attached hydrogen (secondary N) is 2. The summed E-state index contributed by atoms with van der Waals surface area (Å²) in [6.45, 7) is 0. The summed E-state index contributed by atoms with van der Waals surface area (Å²) in [7, 11) is 1.52. The SMILES string of the molecule is COc1ccc(NC(=O)c2cc(=O)[nH]c3ccccc23)cn1. The number of aromatic nitrogens is 2. The Hall–Kier alpha value is -3.15. The number of para-hydroxylation sites is 1. The lowest BCUT2D eigenvalue weighted by Crippen LogP contribution is -2.17. The Kier molecular flexibility index (Phi) is 3.57. The number of rotatable bonds is 3. The van der Waals surface area contributed by atoms with Crippen molar-refractivity contribution in [3.63, 3.8) is 0 Å². The third kappa shape index (κ3) is 2.67. The topological polar surface area (TPSA) is 84.1 Å². The number of pyridine rings is 2. The molecule has 1 aromatic carbocycles. The van der Waals surface area contributed by atoms with Crippen LogP contribution in [0.3, 0.4) is 0 Å². The molecule has 1 amide bonds. The molecule has 6 heteroatoms. The van der Waals surface area contributed by atoms with Crippen molar-refractivity contribution in [1.82, 2.24) is 9.97 Å². The molecule has 2 heterocycles. The van der Waals surface area contributed by atoms with E-state index in [1.165, 1.54) is 19.4 Å². The predicted molar refractivity (Wildman–Crippen MR) is 83.3 cm³/mol. The van der Waals surface area contributed by atoms with E-state index in [-0.39, 0.29) is 11.5 Å². The van der Waals surface area contributed by atoms with Crippen LogP contribution in [0.15, 0.2) is 53.5 Å². The van der Waals surface area contributed by atoms with Gasteiger partial charge >= 0.3 is 0 Å². The molecule has 0 aliphatic rings. The summed E-state index contributed by atoms with van der Waals surface area (Å²) >= 11 is 0. The monoisotopic (exact) mass is 295 g/mol. The largest absolute Gasteiger partial charge is 0.481 e. The molecule has 22 heavy (non-hydrogen) atoms. The van der Waals surface area contributed by atoms with Crippen molar-refractivity contribution in [2.45, 2.75) is 0 Å². The summed E-state index contributed by atoms with van der Waals surface area (Å²) in [5.74, 6) is 0.0915. The lowest BCUT2D eigenvalue weighted by Gasteiger charge is -2.08. The second-order valence-electron chi connectivity index (χ2n) is 4.64. The fraction of sp³-hybridized carbons (Fsp3) is 0.0625. The number of methoxy groups -OCH3 is 1. The first kappa shape index (κ1) is 13.8. The Morgan fingerprint density at radius 2 is 2.05 bits per heavy atom. The lowest BCUT2D eigenvalue weighted by atomic mass is 10.1. The second-order valence-corrected chi connectivity index (χ2v) is 4.64. The number of carbonyl (C=O) groups is 1. The van der Waals surface area contributed by atoms with Crippen LogP contribution in [0.1, 0.15) is 10.4 Å². The van der Waals surface area contributed by atoms with Crippen molar-refractivity contribution in [3.05, 3.63) is 64.6 Å². The van der Waals surface area contributed by atoms with Gasteiger partial charge in [0.25, 0.3) is 5.91 Å². The van der Waals surface area contributed by atoms with Gasteiger partial charge in [0.15, 0.2) is 0 Å². The Morgan fingerprint density at radius 1 is 1.23 bits per heavy atom. The predicted octanol–water partition coefficient (Wildman–Crippen LogP) is 2.18. The zero-order chi connectivity index (χ0) is 15.5. The van der Waals surface area contributed by atoms with Gasteiger partial charge in [-0.05, 0) is 12.1 Å². The number of hydrogen-bond acceptors (Lipinski definition) is 4. The van der Waals surface area contributed by atoms with Crippen molar-refractivity contribution in [1.29, 1.82) is 0 Å². The molecule has 0 bridgehead atoms. The zero-order valence-corrected chi connectivity index (χ0v) is 11.8. The maximum atomic E-state index is 12.4. The standard InChI is InChI=1S/C16H13N3O3/c1-22-15-7-6-10(9-17-15)18-16(21)12-8-14(20)19-13-5-3-2-4-11(12)13/h2-9H,1H3,(H,18,21)(H,19,20). The highest BCUT2D eigenvalue weighted by Crippen LogP contribution is 2.17. The van der Waals surface area contributed by atoms with Crippen LogP contribution in [0, 0.1) is 0 Å². The third-order valence-electron chi connectivity index (χ3n) is 3.20. The minimum atomic E-state index is -0.366. The minimum Gasteiger partial charge on any atom is -0.481 e. The Bertz CT molecular complexity index is 885. The highest BCUT2D eigenvalue weighted by Gasteiger charge is 2.12. The summed E-state index contributed by atoms with van der Waals surface area (Å²) < 4.78 is 4.96. The number of amides is 1. The van der Waals surface area contributed by atoms with Gasteiger partial charge in [-0.3, -0.25) is 9.59 Å². The third-order valence-corrected chi connectivity index (χ3v) is 3.20. The first-order valence-corrected chi connectivity index (χ1v) is 6.61. The van der Waals surface area contributed by atoms with Crippen LogP contribution in [-0.4, -0.2) is 23.0 Å². The van der Waals surface area contributed by atoms with Gasteiger partial charge in [-0.15, -0.1) is 0 Å². The minimum absolute atomic E-state index is 0.315. The number of ether oxygens (including phenoxy) is 1. The molecule has 0 aliphatic heterocycles. The number of aromatic amines is 1. The van der Waals surface area contributed by atoms with Gasteiger partial charge in [-0.2, -0.15) is 0 Å². The number of H-pyrrole nitrogens is 1. The second kappa shape index (κ2) is 5.69. The first-order valence-electron chi connectivity index (χ1n) is 6.61. The van der Waals surface area contributed by atoms with Crippen LogP contribution in [-0.2, 0) is 0 Å². The molecule has 110 valence electrons. The number of nitrogens with zero attached hydrogens (tertiary/aromatic N) is 1. The Morgan fingerprint density at radius 3 is 2.77 bits per heavy atom. The van der Waals surface area contributed by atoms with Gasteiger partial charge in [0.05, 0.1) is 24.6 Å². The molecule has 0 unspecified atom stereocenters. The lowest BCUT2D eigenvalue weighted by molar-refractivity contribution is 0.102. The summed E-state index contributed by atoms with van der Waals surface area (Å²) in [6, 6.07) is 11.8. The van der Waals surface area contributed by atoms with E-state index in [4.69, 9.17) is 4.74 Å². The zero-order valence-electron chi connectivity index (χ0n) is 11.8. The quantitative estimate of drug-likeness (QED) is 0.775. The van der Waals surface area contributed by atoms with Gasteiger partial charge in [0.1, 0.15) is 0 Å². The van der Waals surface area contributed by atoms with E-state index in [2.05, 4.69) is 15.3 Å². The van der Waals surface area contributed by atoms with Crippen LogP contribution < -0.4 is 15.6 Å². The van der Waals surface area contributed by atoms with Crippen molar-refractivity contribution >= 4 is 22.5 Å². The molecular weight excluding hydrogens is 282 g/mol. The van der Waals surface area contributed by atoms with E-state index in [0.29, 0.717) is 28.0 Å². The van der Waals surface area contributed by atoms with E-state index in [1.54, 1.807) is 30.3 Å². The van der Waals surface area contributed by atoms with Gasteiger partial charge in [-0.25, -0.2) is 4.98 Å². The molecule has 0 aliphatic carbocycles. The number of fused-ring (bicyclic) bond motifs is 1. The highest BCUT2D eigenvalue weighted by molar-refractivity contribution is 6.12. The van der Waals surface area contributed by atoms with E-state index in [1.807, 2.05) is 6.07 Å². The molecule has 2 aromatic heterocycles. The van der Waals surface area contributed by atoms with Gasteiger partial charge < -0.3 is 15.0 Å².